The number of carbonyl (C=O) groups is 1. The molecular formula is C23H29NO. The normalized spacial score (nSPS) is 14.1. The Bertz CT molecular complexity index is 651. The smallest absolute Gasteiger partial charge is 0.154 e. The zero-order chi connectivity index (χ0) is 18.4. The first kappa shape index (κ1) is 19.1. The molecule has 0 saturated carbocycles. The van der Waals surface area contributed by atoms with E-state index in [1.54, 1.807) is 6.08 Å². The molecule has 0 heterocycles. The second-order valence-electron chi connectivity index (χ2n) is 7.04. The number of rotatable bonds is 8. The van der Waals surface area contributed by atoms with Crippen LogP contribution in [0.15, 0.2) is 73.3 Å². The van der Waals surface area contributed by atoms with Crippen molar-refractivity contribution in [1.29, 1.82) is 0 Å². The molecule has 0 aliphatic heterocycles. The van der Waals surface area contributed by atoms with E-state index < -0.39 is 5.41 Å². The Morgan fingerprint density at radius 1 is 1.00 bits per heavy atom. The van der Waals surface area contributed by atoms with E-state index in [1.807, 2.05) is 43.3 Å². The summed E-state index contributed by atoms with van der Waals surface area (Å²) in [5.74, 6) is -0.0108. The van der Waals surface area contributed by atoms with Crippen LogP contribution >= 0.6 is 0 Å². The van der Waals surface area contributed by atoms with Gasteiger partial charge in [-0.2, -0.15) is 0 Å². The summed E-state index contributed by atoms with van der Waals surface area (Å²) in [7, 11) is 4.12. The average molecular weight is 335 g/mol. The highest BCUT2D eigenvalue weighted by atomic mass is 16.1. The molecule has 0 aliphatic carbocycles. The van der Waals surface area contributed by atoms with Gasteiger partial charge in [-0.3, -0.25) is 4.79 Å². The number of nitrogens with zero attached hydrogens (tertiary/aromatic N) is 1. The van der Waals surface area contributed by atoms with Gasteiger partial charge in [-0.05, 0) is 38.6 Å². The predicted octanol–water partition coefficient (Wildman–Crippen LogP) is 4.70. The molecule has 2 aromatic carbocycles. The van der Waals surface area contributed by atoms with Crippen LogP contribution in [0.25, 0.3) is 0 Å². The molecule has 132 valence electrons. The molecular weight excluding hydrogens is 306 g/mol. The number of Topliss-reactive ketones (excluding diaryl/α,β-unsaturated/α-hetero) is 1. The van der Waals surface area contributed by atoms with Gasteiger partial charge >= 0.3 is 0 Å². The van der Waals surface area contributed by atoms with Crippen molar-refractivity contribution < 1.29 is 4.79 Å². The molecule has 0 fully saturated rings. The van der Waals surface area contributed by atoms with E-state index >= 15 is 0 Å². The highest BCUT2D eigenvalue weighted by Crippen LogP contribution is 2.40. The fourth-order valence-electron chi connectivity index (χ4n) is 3.35. The van der Waals surface area contributed by atoms with Crippen LogP contribution in [0.1, 0.15) is 31.4 Å². The van der Waals surface area contributed by atoms with Gasteiger partial charge in [0.2, 0.25) is 0 Å². The summed E-state index contributed by atoms with van der Waals surface area (Å²) in [5.41, 5.74) is 1.42. The molecule has 1 unspecified atom stereocenters. The molecule has 0 aliphatic rings. The Morgan fingerprint density at radius 2 is 1.44 bits per heavy atom. The lowest BCUT2D eigenvalue weighted by molar-refractivity contribution is -0.126. The Kier molecular flexibility index (Phi) is 6.33. The molecule has 2 nitrogen and oxygen atoms in total. The van der Waals surface area contributed by atoms with Gasteiger partial charge in [-0.25, -0.2) is 0 Å². The number of allylic oxidation sites excluding steroid dienone is 1. The molecule has 2 heteroatoms. The fraction of sp³-hybridized carbons (Fsp3) is 0.348. The minimum Gasteiger partial charge on any atom is -0.307 e. The maximum Gasteiger partial charge on any atom is 0.154 e. The maximum atomic E-state index is 13.7. The molecule has 2 atom stereocenters. The standard InChI is InChI=1S/C23H29NO/c1-6-18(2)22(25)23(17-19(3)24(4)5,20-13-9-7-10-14-20)21-15-11-8-12-16-21/h6-16,18-19H,1,17H2,2-5H3/t18?,19-/m0/s1. The molecule has 0 amide bonds. The summed E-state index contributed by atoms with van der Waals surface area (Å²) in [6, 6.07) is 20.6. The first-order valence-electron chi connectivity index (χ1n) is 8.87. The van der Waals surface area contributed by atoms with Crippen molar-refractivity contribution in [2.24, 2.45) is 5.92 Å². The first-order valence-corrected chi connectivity index (χ1v) is 8.87. The largest absolute Gasteiger partial charge is 0.307 e. The van der Waals surface area contributed by atoms with Crippen LogP contribution in [-0.4, -0.2) is 30.8 Å². The number of hydrogen-bond donors (Lipinski definition) is 0. The molecule has 0 aromatic heterocycles. The van der Waals surface area contributed by atoms with E-state index in [1.165, 1.54) is 0 Å². The zero-order valence-electron chi connectivity index (χ0n) is 15.8. The van der Waals surface area contributed by atoms with Crippen molar-refractivity contribution in [3.05, 3.63) is 84.4 Å². The van der Waals surface area contributed by atoms with Gasteiger partial charge in [-0.15, -0.1) is 6.58 Å². The topological polar surface area (TPSA) is 20.3 Å². The van der Waals surface area contributed by atoms with Crippen LogP contribution in [0, 0.1) is 5.92 Å². The van der Waals surface area contributed by atoms with Crippen LogP contribution < -0.4 is 0 Å². The number of benzene rings is 2. The van der Waals surface area contributed by atoms with Crippen LogP contribution in [-0.2, 0) is 10.2 Å². The number of hydrogen-bond acceptors (Lipinski definition) is 2. The van der Waals surface area contributed by atoms with Gasteiger partial charge < -0.3 is 4.90 Å². The van der Waals surface area contributed by atoms with E-state index in [0.29, 0.717) is 0 Å². The lowest BCUT2D eigenvalue weighted by atomic mass is 9.65. The maximum absolute atomic E-state index is 13.7. The summed E-state index contributed by atoms with van der Waals surface area (Å²) < 4.78 is 0. The van der Waals surface area contributed by atoms with Crippen molar-refractivity contribution in [2.75, 3.05) is 14.1 Å². The SMILES string of the molecule is C=CC(C)C(=O)C(C[C@H](C)N(C)C)(c1ccccc1)c1ccccc1. The summed E-state index contributed by atoms with van der Waals surface area (Å²) in [5, 5.41) is 0. The minimum absolute atomic E-state index is 0.202. The summed E-state index contributed by atoms with van der Waals surface area (Å²) in [6.45, 7) is 7.98. The first-order chi connectivity index (χ1) is 11.9. The number of carbonyl (C=O) groups excluding carboxylic acids is 1. The molecule has 0 spiro atoms. The van der Waals surface area contributed by atoms with Crippen LogP contribution in [0.3, 0.4) is 0 Å². The highest BCUT2D eigenvalue weighted by Gasteiger charge is 2.44. The van der Waals surface area contributed by atoms with Crippen LogP contribution in [0.4, 0.5) is 0 Å². The average Bonchev–Trinajstić information content (AvgIpc) is 2.66. The van der Waals surface area contributed by atoms with Gasteiger partial charge in [0.15, 0.2) is 5.78 Å². The Hall–Kier alpha value is -2.19. The van der Waals surface area contributed by atoms with Crippen molar-refractivity contribution in [3.63, 3.8) is 0 Å². The summed E-state index contributed by atoms with van der Waals surface area (Å²) in [4.78, 5) is 15.8. The molecule has 0 N–H and O–H groups in total. The Balaban J connectivity index is 2.73. The summed E-state index contributed by atoms with van der Waals surface area (Å²) in [6.07, 6.45) is 2.48. The van der Waals surface area contributed by atoms with Crippen molar-refractivity contribution >= 4 is 5.78 Å². The third kappa shape index (κ3) is 3.91. The van der Waals surface area contributed by atoms with E-state index in [0.717, 1.165) is 17.5 Å². The second kappa shape index (κ2) is 8.26. The highest BCUT2D eigenvalue weighted by molar-refractivity contribution is 5.96. The minimum atomic E-state index is -0.681. The van der Waals surface area contributed by atoms with Gasteiger partial charge in [0.05, 0.1) is 5.41 Å². The summed E-state index contributed by atoms with van der Waals surface area (Å²) >= 11 is 0. The van der Waals surface area contributed by atoms with Gasteiger partial charge in [0.25, 0.3) is 0 Å². The van der Waals surface area contributed by atoms with E-state index in [2.05, 4.69) is 56.8 Å². The fourth-order valence-corrected chi connectivity index (χ4v) is 3.35. The van der Waals surface area contributed by atoms with Gasteiger partial charge in [0, 0.05) is 12.0 Å². The molecule has 2 rings (SSSR count). The molecule has 0 radical (unpaired) electrons. The third-order valence-corrected chi connectivity index (χ3v) is 5.20. The van der Waals surface area contributed by atoms with Gasteiger partial charge in [0.1, 0.15) is 0 Å². The third-order valence-electron chi connectivity index (χ3n) is 5.20. The van der Waals surface area contributed by atoms with E-state index in [4.69, 9.17) is 0 Å². The molecule has 0 bridgehead atoms. The zero-order valence-corrected chi connectivity index (χ0v) is 15.8. The monoisotopic (exact) mass is 335 g/mol. The number of ketones is 1. The van der Waals surface area contributed by atoms with Crippen LogP contribution in [0.2, 0.25) is 0 Å². The van der Waals surface area contributed by atoms with E-state index in [9.17, 15) is 4.79 Å². The quantitative estimate of drug-likeness (QED) is 0.652. The Labute approximate surface area is 152 Å². The van der Waals surface area contributed by atoms with Gasteiger partial charge in [-0.1, -0.05) is 73.7 Å². The lowest BCUT2D eigenvalue weighted by Gasteiger charge is -2.39. The molecule has 0 saturated heterocycles. The Morgan fingerprint density at radius 3 is 1.80 bits per heavy atom. The van der Waals surface area contributed by atoms with Crippen molar-refractivity contribution in [3.8, 4) is 0 Å². The van der Waals surface area contributed by atoms with Crippen molar-refractivity contribution in [2.45, 2.75) is 31.7 Å². The van der Waals surface area contributed by atoms with Crippen molar-refractivity contribution in [1.82, 2.24) is 4.90 Å². The molecule has 2 aromatic rings. The van der Waals surface area contributed by atoms with Crippen LogP contribution in [0.5, 0.6) is 0 Å². The molecule has 25 heavy (non-hydrogen) atoms. The predicted molar refractivity (Wildman–Crippen MR) is 106 cm³/mol. The second-order valence-corrected chi connectivity index (χ2v) is 7.04. The van der Waals surface area contributed by atoms with E-state index in [-0.39, 0.29) is 17.7 Å². The lowest BCUT2D eigenvalue weighted by Crippen LogP contribution is -2.45.